The molecule has 1 N–H and O–H groups in total. The molecule has 0 aliphatic carbocycles. The molecule has 0 saturated carbocycles. The molecular formula is C17H22ClNO2. The minimum atomic E-state index is 0.420. The monoisotopic (exact) mass is 307 g/mol. The van der Waals surface area contributed by atoms with Crippen molar-refractivity contribution in [1.29, 1.82) is 0 Å². The Bertz CT molecular complexity index is 605. The molecule has 1 aromatic heterocycles. The maximum absolute atomic E-state index is 6.00. The molecule has 0 fully saturated rings. The lowest BCUT2D eigenvalue weighted by atomic mass is 10.2. The van der Waals surface area contributed by atoms with Crippen molar-refractivity contribution >= 4 is 11.6 Å². The Labute approximate surface area is 131 Å². The SMILES string of the molecule is Cc1cc(OCc2cc(CNC(C)C)c(C)o2)ccc1Cl. The molecule has 1 heterocycles. The number of nitrogens with one attached hydrogen (secondary N) is 1. The zero-order valence-electron chi connectivity index (χ0n) is 13.0. The molecule has 1 aromatic carbocycles. The Kier molecular flexibility index (Phi) is 5.32. The maximum Gasteiger partial charge on any atom is 0.146 e. The van der Waals surface area contributed by atoms with Gasteiger partial charge in [0.25, 0.3) is 0 Å². The normalized spacial score (nSPS) is 11.1. The predicted octanol–water partition coefficient (Wildman–Crippen LogP) is 4.63. The second-order valence-corrected chi connectivity index (χ2v) is 5.94. The molecule has 3 nitrogen and oxygen atoms in total. The molecule has 0 atom stereocenters. The number of aryl methyl sites for hydroxylation is 2. The highest BCUT2D eigenvalue weighted by Gasteiger charge is 2.09. The zero-order valence-corrected chi connectivity index (χ0v) is 13.8. The van der Waals surface area contributed by atoms with E-state index in [1.807, 2.05) is 38.1 Å². The van der Waals surface area contributed by atoms with E-state index in [2.05, 4.69) is 19.2 Å². The fourth-order valence-electron chi connectivity index (χ4n) is 2.01. The smallest absolute Gasteiger partial charge is 0.146 e. The minimum absolute atomic E-state index is 0.420. The van der Waals surface area contributed by atoms with E-state index in [1.54, 1.807) is 0 Å². The first kappa shape index (κ1) is 15.9. The topological polar surface area (TPSA) is 34.4 Å². The summed E-state index contributed by atoms with van der Waals surface area (Å²) in [4.78, 5) is 0. The van der Waals surface area contributed by atoms with E-state index < -0.39 is 0 Å². The van der Waals surface area contributed by atoms with Crippen LogP contribution >= 0.6 is 11.6 Å². The minimum Gasteiger partial charge on any atom is -0.486 e. The number of ether oxygens (including phenoxy) is 1. The van der Waals surface area contributed by atoms with Gasteiger partial charge in [-0.05, 0) is 43.7 Å². The van der Waals surface area contributed by atoms with E-state index in [0.717, 1.165) is 34.4 Å². The Hall–Kier alpha value is -1.45. The molecule has 0 aliphatic rings. The molecule has 0 amide bonds. The van der Waals surface area contributed by atoms with Crippen LogP contribution in [0.4, 0.5) is 0 Å². The van der Waals surface area contributed by atoms with Crippen molar-refractivity contribution < 1.29 is 9.15 Å². The lowest BCUT2D eigenvalue weighted by molar-refractivity contribution is 0.267. The summed E-state index contributed by atoms with van der Waals surface area (Å²) in [5.41, 5.74) is 2.18. The van der Waals surface area contributed by atoms with E-state index >= 15 is 0 Å². The molecule has 0 radical (unpaired) electrons. The largest absolute Gasteiger partial charge is 0.486 e. The molecule has 2 rings (SSSR count). The van der Waals surface area contributed by atoms with Crippen molar-refractivity contribution in [2.45, 2.75) is 46.9 Å². The van der Waals surface area contributed by atoms with Gasteiger partial charge >= 0.3 is 0 Å². The molecule has 0 bridgehead atoms. The fraction of sp³-hybridized carbons (Fsp3) is 0.412. The third-order valence-corrected chi connectivity index (χ3v) is 3.71. The molecule has 0 aliphatic heterocycles. The Balaban J connectivity index is 1.96. The maximum atomic E-state index is 6.00. The van der Waals surface area contributed by atoms with E-state index in [4.69, 9.17) is 20.8 Å². The molecule has 4 heteroatoms. The molecule has 114 valence electrons. The summed E-state index contributed by atoms with van der Waals surface area (Å²) in [6.07, 6.45) is 0. The van der Waals surface area contributed by atoms with E-state index in [0.29, 0.717) is 12.6 Å². The summed E-state index contributed by atoms with van der Waals surface area (Å²) < 4.78 is 11.5. The van der Waals surface area contributed by atoms with Gasteiger partial charge in [0.2, 0.25) is 0 Å². The second kappa shape index (κ2) is 7.01. The van der Waals surface area contributed by atoms with Crippen LogP contribution in [0.2, 0.25) is 5.02 Å². The summed E-state index contributed by atoms with van der Waals surface area (Å²) in [5, 5.41) is 4.14. The molecule has 0 saturated heterocycles. The number of hydrogen-bond acceptors (Lipinski definition) is 3. The van der Waals surface area contributed by atoms with Gasteiger partial charge in [0.05, 0.1) is 0 Å². The number of hydrogen-bond donors (Lipinski definition) is 1. The van der Waals surface area contributed by atoms with Gasteiger partial charge in [-0.3, -0.25) is 0 Å². The van der Waals surface area contributed by atoms with Gasteiger partial charge in [-0.15, -0.1) is 0 Å². The van der Waals surface area contributed by atoms with Crippen molar-refractivity contribution in [3.63, 3.8) is 0 Å². The molecule has 21 heavy (non-hydrogen) atoms. The van der Waals surface area contributed by atoms with Crippen LogP contribution in [0.3, 0.4) is 0 Å². The Morgan fingerprint density at radius 2 is 2.00 bits per heavy atom. The van der Waals surface area contributed by atoms with Gasteiger partial charge in [-0.1, -0.05) is 25.4 Å². The third kappa shape index (κ3) is 4.51. The lowest BCUT2D eigenvalue weighted by Gasteiger charge is -2.06. The van der Waals surface area contributed by atoms with Crippen molar-refractivity contribution in [2.75, 3.05) is 0 Å². The molecular weight excluding hydrogens is 286 g/mol. The van der Waals surface area contributed by atoms with Crippen LogP contribution in [-0.4, -0.2) is 6.04 Å². The quantitative estimate of drug-likeness (QED) is 0.845. The molecule has 0 unspecified atom stereocenters. The molecule has 0 spiro atoms. The second-order valence-electron chi connectivity index (χ2n) is 5.53. The number of halogens is 1. The van der Waals surface area contributed by atoms with Crippen LogP contribution in [0.25, 0.3) is 0 Å². The van der Waals surface area contributed by atoms with E-state index in [9.17, 15) is 0 Å². The summed E-state index contributed by atoms with van der Waals surface area (Å²) in [5.74, 6) is 2.57. The van der Waals surface area contributed by atoms with Gasteiger partial charge < -0.3 is 14.5 Å². The Morgan fingerprint density at radius 1 is 1.24 bits per heavy atom. The summed E-state index contributed by atoms with van der Waals surface area (Å²) in [6.45, 7) is 9.43. The predicted molar refractivity (Wildman–Crippen MR) is 85.9 cm³/mol. The lowest BCUT2D eigenvalue weighted by Crippen LogP contribution is -2.21. The first-order valence-electron chi connectivity index (χ1n) is 7.16. The van der Waals surface area contributed by atoms with Crippen LogP contribution in [0.15, 0.2) is 28.7 Å². The van der Waals surface area contributed by atoms with Crippen LogP contribution in [0, 0.1) is 13.8 Å². The van der Waals surface area contributed by atoms with Gasteiger partial charge in [-0.2, -0.15) is 0 Å². The average Bonchev–Trinajstić information content (AvgIpc) is 2.78. The standard InChI is InChI=1S/C17H22ClNO2/c1-11(2)19-9-14-8-16(21-13(14)4)10-20-15-5-6-17(18)12(3)7-15/h5-8,11,19H,9-10H2,1-4H3. The highest BCUT2D eigenvalue weighted by Crippen LogP contribution is 2.22. The number of rotatable bonds is 6. The highest BCUT2D eigenvalue weighted by atomic mass is 35.5. The Morgan fingerprint density at radius 3 is 2.67 bits per heavy atom. The van der Waals surface area contributed by atoms with Crippen LogP contribution in [0.1, 0.15) is 36.5 Å². The average molecular weight is 308 g/mol. The van der Waals surface area contributed by atoms with Crippen molar-refractivity contribution in [3.8, 4) is 5.75 Å². The summed E-state index contributed by atoms with van der Waals surface area (Å²) in [7, 11) is 0. The first-order chi connectivity index (χ1) is 9.95. The summed E-state index contributed by atoms with van der Waals surface area (Å²) >= 11 is 6.00. The third-order valence-electron chi connectivity index (χ3n) is 3.28. The van der Waals surface area contributed by atoms with E-state index in [-0.39, 0.29) is 0 Å². The fourth-order valence-corrected chi connectivity index (χ4v) is 2.13. The van der Waals surface area contributed by atoms with Crippen molar-refractivity contribution in [1.82, 2.24) is 5.32 Å². The first-order valence-corrected chi connectivity index (χ1v) is 7.54. The molecule has 2 aromatic rings. The van der Waals surface area contributed by atoms with Gasteiger partial charge in [0, 0.05) is 23.2 Å². The highest BCUT2D eigenvalue weighted by molar-refractivity contribution is 6.31. The summed E-state index contributed by atoms with van der Waals surface area (Å²) in [6, 6.07) is 8.15. The van der Waals surface area contributed by atoms with Gasteiger partial charge in [-0.25, -0.2) is 0 Å². The van der Waals surface area contributed by atoms with Crippen LogP contribution in [-0.2, 0) is 13.2 Å². The van der Waals surface area contributed by atoms with Gasteiger partial charge in [0.1, 0.15) is 23.9 Å². The number of furan rings is 1. The van der Waals surface area contributed by atoms with Crippen molar-refractivity contribution in [3.05, 3.63) is 51.9 Å². The van der Waals surface area contributed by atoms with E-state index in [1.165, 1.54) is 5.56 Å². The zero-order chi connectivity index (χ0) is 15.4. The van der Waals surface area contributed by atoms with Crippen LogP contribution in [0.5, 0.6) is 5.75 Å². The van der Waals surface area contributed by atoms with Crippen LogP contribution < -0.4 is 10.1 Å². The number of benzene rings is 1. The van der Waals surface area contributed by atoms with Gasteiger partial charge in [0.15, 0.2) is 0 Å². The van der Waals surface area contributed by atoms with Crippen molar-refractivity contribution in [2.24, 2.45) is 0 Å².